The van der Waals surface area contributed by atoms with Gasteiger partial charge in [-0.3, -0.25) is 9.59 Å². The number of benzene rings is 1. The lowest BCUT2D eigenvalue weighted by atomic mass is 9.98. The lowest BCUT2D eigenvalue weighted by Gasteiger charge is -2.30. The third-order valence-electron chi connectivity index (χ3n) is 4.28. The number of aromatic nitrogens is 3. The molecule has 0 aliphatic carbocycles. The Labute approximate surface area is 150 Å². The Balaban J connectivity index is 2.02. The van der Waals surface area contributed by atoms with Gasteiger partial charge in [-0.2, -0.15) is 13.2 Å². The van der Waals surface area contributed by atoms with E-state index in [1.54, 1.807) is 0 Å². The Morgan fingerprint density at radius 1 is 1.22 bits per heavy atom. The molecule has 0 spiro atoms. The maximum Gasteiger partial charge on any atom is 0.435 e. The van der Waals surface area contributed by atoms with Gasteiger partial charge in [0.2, 0.25) is 0 Å². The van der Waals surface area contributed by atoms with Crippen LogP contribution in [0, 0.1) is 11.7 Å². The molecule has 3 rings (SSSR count). The van der Waals surface area contributed by atoms with Crippen LogP contribution in [0.2, 0.25) is 0 Å². The monoisotopic (exact) mass is 386 g/mol. The van der Waals surface area contributed by atoms with Gasteiger partial charge in [0.15, 0.2) is 11.4 Å². The van der Waals surface area contributed by atoms with E-state index < -0.39 is 46.9 Å². The van der Waals surface area contributed by atoms with Crippen molar-refractivity contribution in [3.63, 3.8) is 0 Å². The Morgan fingerprint density at radius 2 is 1.93 bits per heavy atom. The molecule has 144 valence electrons. The third kappa shape index (κ3) is 3.62. The predicted molar refractivity (Wildman–Crippen MR) is 82.6 cm³/mol. The number of hydrogen-bond donors (Lipinski definition) is 1. The van der Waals surface area contributed by atoms with Crippen LogP contribution in [0.25, 0.3) is 5.69 Å². The summed E-state index contributed by atoms with van der Waals surface area (Å²) in [6, 6.07) is 4.66. The number of halogens is 4. The van der Waals surface area contributed by atoms with Crippen molar-refractivity contribution < 1.29 is 32.3 Å². The lowest BCUT2D eigenvalue weighted by Crippen LogP contribution is -2.43. The van der Waals surface area contributed by atoms with E-state index in [1.807, 2.05) is 0 Å². The van der Waals surface area contributed by atoms with Crippen LogP contribution < -0.4 is 0 Å². The zero-order chi connectivity index (χ0) is 19.8. The SMILES string of the molecule is O=C(O)[C@@H]1CCCN(C(=O)c2nnn(-c3ccccc3F)c2C(F)(F)F)C1. The second-order valence-corrected chi connectivity index (χ2v) is 6.08. The van der Waals surface area contributed by atoms with Crippen molar-refractivity contribution in [3.8, 4) is 5.69 Å². The molecular weight excluding hydrogens is 372 g/mol. The van der Waals surface area contributed by atoms with Gasteiger partial charge in [0.25, 0.3) is 5.91 Å². The number of alkyl halides is 3. The second-order valence-electron chi connectivity index (χ2n) is 6.08. The van der Waals surface area contributed by atoms with Gasteiger partial charge in [0.05, 0.1) is 5.92 Å². The highest BCUT2D eigenvalue weighted by atomic mass is 19.4. The number of para-hydroxylation sites is 1. The first kappa shape index (κ1) is 18.8. The summed E-state index contributed by atoms with van der Waals surface area (Å²) >= 11 is 0. The van der Waals surface area contributed by atoms with Crippen LogP contribution >= 0.6 is 0 Å². The maximum atomic E-state index is 13.9. The summed E-state index contributed by atoms with van der Waals surface area (Å²) in [4.78, 5) is 24.7. The molecule has 1 aromatic heterocycles. The number of rotatable bonds is 3. The van der Waals surface area contributed by atoms with E-state index in [9.17, 15) is 27.2 Å². The minimum atomic E-state index is -5.03. The number of likely N-dealkylation sites (tertiary alicyclic amines) is 1. The van der Waals surface area contributed by atoms with Crippen LogP contribution in [-0.4, -0.2) is 50.0 Å². The average Bonchev–Trinajstić information content (AvgIpc) is 3.06. The van der Waals surface area contributed by atoms with Gasteiger partial charge in [0.1, 0.15) is 11.5 Å². The van der Waals surface area contributed by atoms with Gasteiger partial charge >= 0.3 is 12.1 Å². The number of nitrogens with zero attached hydrogens (tertiary/aromatic N) is 4. The summed E-state index contributed by atoms with van der Waals surface area (Å²) in [5.74, 6) is -4.04. The highest BCUT2D eigenvalue weighted by Crippen LogP contribution is 2.34. The van der Waals surface area contributed by atoms with Gasteiger partial charge < -0.3 is 10.0 Å². The van der Waals surface area contributed by atoms with Crippen molar-refractivity contribution in [3.05, 3.63) is 41.5 Å². The smallest absolute Gasteiger partial charge is 0.435 e. The van der Waals surface area contributed by atoms with E-state index in [1.165, 1.54) is 12.1 Å². The number of amides is 1. The highest BCUT2D eigenvalue weighted by molar-refractivity contribution is 5.94. The van der Waals surface area contributed by atoms with Gasteiger partial charge in [-0.1, -0.05) is 17.3 Å². The molecule has 0 unspecified atom stereocenters. The summed E-state index contributed by atoms with van der Waals surface area (Å²) in [5, 5.41) is 15.7. The van der Waals surface area contributed by atoms with Gasteiger partial charge in [-0.05, 0) is 25.0 Å². The summed E-state index contributed by atoms with van der Waals surface area (Å²) in [7, 11) is 0. The van der Waals surface area contributed by atoms with E-state index in [4.69, 9.17) is 5.11 Å². The molecule has 1 fully saturated rings. The van der Waals surface area contributed by atoms with E-state index in [0.717, 1.165) is 17.0 Å². The van der Waals surface area contributed by atoms with Crippen molar-refractivity contribution >= 4 is 11.9 Å². The first-order valence-electron chi connectivity index (χ1n) is 8.00. The first-order valence-corrected chi connectivity index (χ1v) is 8.00. The molecule has 1 aliphatic rings. The van der Waals surface area contributed by atoms with E-state index in [2.05, 4.69) is 10.3 Å². The standard InChI is InChI=1S/C16H14F4N4O3/c17-10-5-1-2-6-11(10)24-13(16(18,19)20)12(21-22-24)14(25)23-7-3-4-9(8-23)15(26)27/h1-2,5-6,9H,3-4,7-8H2,(H,26,27)/t9-/m1/s1. The number of carboxylic acids is 1. The number of carboxylic acid groups (broad SMARTS) is 1. The minimum absolute atomic E-state index is 0.104. The Morgan fingerprint density at radius 3 is 2.56 bits per heavy atom. The van der Waals surface area contributed by atoms with Crippen LogP contribution in [0.1, 0.15) is 29.0 Å². The molecule has 0 saturated carbocycles. The molecule has 11 heteroatoms. The van der Waals surface area contributed by atoms with Crippen molar-refractivity contribution in [1.29, 1.82) is 0 Å². The summed E-state index contributed by atoms with van der Waals surface area (Å²) in [6.07, 6.45) is -4.36. The molecule has 7 nitrogen and oxygen atoms in total. The molecule has 1 aromatic carbocycles. The number of carbonyl (C=O) groups is 2. The first-order chi connectivity index (χ1) is 12.7. The lowest BCUT2D eigenvalue weighted by molar-refractivity contribution is -0.144. The van der Waals surface area contributed by atoms with Crippen LogP contribution in [0.5, 0.6) is 0 Å². The summed E-state index contributed by atoms with van der Waals surface area (Å²) < 4.78 is 55.0. The maximum absolute atomic E-state index is 13.9. The molecule has 1 aliphatic heterocycles. The number of hydrogen-bond acceptors (Lipinski definition) is 4. The van der Waals surface area contributed by atoms with E-state index in [0.29, 0.717) is 12.8 Å². The van der Waals surface area contributed by atoms with Crippen LogP contribution in [0.15, 0.2) is 24.3 Å². The van der Waals surface area contributed by atoms with Gasteiger partial charge in [-0.25, -0.2) is 9.07 Å². The Bertz CT molecular complexity index is 881. The normalized spacial score (nSPS) is 17.8. The number of aliphatic carboxylic acids is 1. The van der Waals surface area contributed by atoms with Crippen molar-refractivity contribution in [1.82, 2.24) is 19.9 Å². The molecule has 0 radical (unpaired) electrons. The summed E-state index contributed by atoms with van der Waals surface area (Å²) in [5.41, 5.74) is -3.00. The van der Waals surface area contributed by atoms with Crippen molar-refractivity contribution in [2.75, 3.05) is 13.1 Å². The van der Waals surface area contributed by atoms with Crippen LogP contribution in [0.3, 0.4) is 0 Å². The molecule has 1 N–H and O–H groups in total. The number of piperidine rings is 1. The van der Waals surface area contributed by atoms with Crippen LogP contribution in [0.4, 0.5) is 17.6 Å². The topological polar surface area (TPSA) is 88.3 Å². The molecule has 1 atom stereocenters. The largest absolute Gasteiger partial charge is 0.481 e. The molecule has 0 bridgehead atoms. The Hall–Kier alpha value is -2.98. The third-order valence-corrected chi connectivity index (χ3v) is 4.28. The average molecular weight is 386 g/mol. The molecule has 1 amide bonds. The fourth-order valence-electron chi connectivity index (χ4n) is 2.99. The van der Waals surface area contributed by atoms with Gasteiger partial charge in [-0.15, -0.1) is 5.10 Å². The minimum Gasteiger partial charge on any atom is -0.481 e. The van der Waals surface area contributed by atoms with E-state index in [-0.39, 0.29) is 17.8 Å². The Kier molecular flexibility index (Phi) is 4.85. The number of carbonyl (C=O) groups excluding carboxylic acids is 1. The van der Waals surface area contributed by atoms with Crippen molar-refractivity contribution in [2.45, 2.75) is 19.0 Å². The van der Waals surface area contributed by atoms with E-state index >= 15 is 0 Å². The highest BCUT2D eigenvalue weighted by Gasteiger charge is 2.44. The second kappa shape index (κ2) is 6.97. The van der Waals surface area contributed by atoms with Gasteiger partial charge in [0, 0.05) is 13.1 Å². The predicted octanol–water partition coefficient (Wildman–Crippen LogP) is 2.36. The summed E-state index contributed by atoms with van der Waals surface area (Å²) in [6.45, 7) is -0.121. The van der Waals surface area contributed by atoms with Crippen LogP contribution in [-0.2, 0) is 11.0 Å². The molecular formula is C16H14F4N4O3. The molecule has 1 saturated heterocycles. The fraction of sp³-hybridized carbons (Fsp3) is 0.375. The fourth-order valence-corrected chi connectivity index (χ4v) is 2.99. The zero-order valence-electron chi connectivity index (χ0n) is 13.8. The molecule has 2 aromatic rings. The zero-order valence-corrected chi connectivity index (χ0v) is 13.8. The quantitative estimate of drug-likeness (QED) is 0.819. The molecule has 27 heavy (non-hydrogen) atoms. The molecule has 2 heterocycles. The van der Waals surface area contributed by atoms with Crippen molar-refractivity contribution in [2.24, 2.45) is 5.92 Å².